The van der Waals surface area contributed by atoms with Crippen molar-refractivity contribution in [1.29, 1.82) is 5.41 Å². The number of sulfonamides is 1. The molecule has 0 saturated carbocycles. The van der Waals surface area contributed by atoms with Crippen LogP contribution in [0.2, 0.25) is 0 Å². The smallest absolute Gasteiger partial charge is 0.246 e. The molecule has 0 radical (unpaired) electrons. The number of nitrogens with one attached hydrogen (secondary N) is 2. The molecule has 2 heterocycles. The number of hydrogen-bond donors (Lipinski definition) is 3. The predicted octanol–water partition coefficient (Wildman–Crippen LogP) is -0.956. The van der Waals surface area contributed by atoms with Gasteiger partial charge in [0.25, 0.3) is 0 Å². The molecule has 1 fully saturated rings. The minimum Gasteiger partial charge on any atom is -0.385 e. The molecule has 2 rings (SSSR count). The zero-order valence-electron chi connectivity index (χ0n) is 9.88. The standard InChI is InChI=1S/C9H15N5O3S/c1-6-8(4-12-13-6)18(15,16)14-2-3-17-7(5-14)9(10)11/h4,7H,2-3,5H2,1H3,(H3,10,11)(H,12,13). The molecule has 0 spiro atoms. The number of ether oxygens (including phenoxy) is 1. The molecule has 0 aromatic carbocycles. The van der Waals surface area contributed by atoms with E-state index in [-0.39, 0.29) is 30.4 Å². The van der Waals surface area contributed by atoms with E-state index in [4.69, 9.17) is 15.9 Å². The second-order valence-corrected chi connectivity index (χ2v) is 5.94. The van der Waals surface area contributed by atoms with Gasteiger partial charge >= 0.3 is 0 Å². The van der Waals surface area contributed by atoms with Crippen LogP contribution >= 0.6 is 0 Å². The molecule has 0 aliphatic carbocycles. The van der Waals surface area contributed by atoms with E-state index in [0.717, 1.165) is 0 Å². The molecule has 9 heteroatoms. The Balaban J connectivity index is 2.26. The lowest BCUT2D eigenvalue weighted by atomic mass is 10.3. The number of aromatic nitrogens is 2. The number of nitrogens with zero attached hydrogens (tertiary/aromatic N) is 2. The van der Waals surface area contributed by atoms with Crippen LogP contribution in [0, 0.1) is 12.3 Å². The van der Waals surface area contributed by atoms with Gasteiger partial charge < -0.3 is 10.5 Å². The number of rotatable bonds is 3. The van der Waals surface area contributed by atoms with Crippen LogP contribution in [0.25, 0.3) is 0 Å². The number of morpholine rings is 1. The lowest BCUT2D eigenvalue weighted by Gasteiger charge is -2.31. The van der Waals surface area contributed by atoms with E-state index in [0.29, 0.717) is 5.69 Å². The van der Waals surface area contributed by atoms with Gasteiger partial charge in [0.05, 0.1) is 18.5 Å². The quantitative estimate of drug-likeness (QED) is 0.483. The maximum absolute atomic E-state index is 12.3. The van der Waals surface area contributed by atoms with Crippen LogP contribution in [0.5, 0.6) is 0 Å². The third-order valence-corrected chi connectivity index (χ3v) is 4.76. The van der Waals surface area contributed by atoms with Gasteiger partial charge in [0, 0.05) is 13.1 Å². The summed E-state index contributed by atoms with van der Waals surface area (Å²) in [5, 5.41) is 13.6. The number of aromatic amines is 1. The molecule has 1 aliphatic heterocycles. The Kier molecular flexibility index (Phi) is 3.37. The summed E-state index contributed by atoms with van der Waals surface area (Å²) in [5.74, 6) is -0.168. The fourth-order valence-corrected chi connectivity index (χ4v) is 3.31. The second-order valence-electron chi connectivity index (χ2n) is 4.04. The van der Waals surface area contributed by atoms with E-state index in [9.17, 15) is 8.42 Å². The molecular formula is C9H15N5O3S. The first-order valence-corrected chi connectivity index (χ1v) is 6.82. The van der Waals surface area contributed by atoms with E-state index < -0.39 is 16.1 Å². The lowest BCUT2D eigenvalue weighted by molar-refractivity contribution is 0.0368. The molecule has 0 bridgehead atoms. The summed E-state index contributed by atoms with van der Waals surface area (Å²) in [6.45, 7) is 2.17. The van der Waals surface area contributed by atoms with Crippen molar-refractivity contribution in [3.8, 4) is 0 Å². The zero-order chi connectivity index (χ0) is 13.3. The number of H-pyrrole nitrogens is 1. The lowest BCUT2D eigenvalue weighted by Crippen LogP contribution is -2.50. The molecule has 100 valence electrons. The van der Waals surface area contributed by atoms with Crippen LogP contribution in [0.4, 0.5) is 0 Å². The maximum Gasteiger partial charge on any atom is 0.246 e. The van der Waals surface area contributed by atoms with Gasteiger partial charge in [-0.25, -0.2) is 8.42 Å². The van der Waals surface area contributed by atoms with Crippen LogP contribution in [0.15, 0.2) is 11.1 Å². The molecule has 4 N–H and O–H groups in total. The van der Waals surface area contributed by atoms with E-state index in [2.05, 4.69) is 10.2 Å². The minimum atomic E-state index is -3.61. The van der Waals surface area contributed by atoms with Gasteiger partial charge in [-0.3, -0.25) is 10.5 Å². The molecule has 1 saturated heterocycles. The fourth-order valence-electron chi connectivity index (χ4n) is 1.77. The van der Waals surface area contributed by atoms with Gasteiger partial charge in [-0.05, 0) is 6.92 Å². The average molecular weight is 273 g/mol. The third-order valence-electron chi connectivity index (χ3n) is 2.78. The Bertz CT molecular complexity index is 552. The predicted molar refractivity (Wildman–Crippen MR) is 63.7 cm³/mol. The summed E-state index contributed by atoms with van der Waals surface area (Å²) < 4.78 is 31.2. The SMILES string of the molecule is Cc1[nH]ncc1S(=O)(=O)N1CCOC(C(=N)N)C1. The molecule has 1 aromatic heterocycles. The monoisotopic (exact) mass is 273 g/mol. The van der Waals surface area contributed by atoms with Gasteiger partial charge in [-0.15, -0.1) is 0 Å². The first kappa shape index (κ1) is 13.0. The third kappa shape index (κ3) is 2.24. The minimum absolute atomic E-state index is 0.0578. The Morgan fingerprint density at radius 1 is 1.72 bits per heavy atom. The van der Waals surface area contributed by atoms with Crippen molar-refractivity contribution < 1.29 is 13.2 Å². The Hall–Kier alpha value is -1.45. The fraction of sp³-hybridized carbons (Fsp3) is 0.556. The molecule has 0 amide bonds. The highest BCUT2D eigenvalue weighted by Crippen LogP contribution is 2.20. The van der Waals surface area contributed by atoms with Crippen LogP contribution in [0.1, 0.15) is 5.69 Å². The molecule has 1 unspecified atom stereocenters. The summed E-state index contributed by atoms with van der Waals surface area (Å²) in [6.07, 6.45) is 0.601. The summed E-state index contributed by atoms with van der Waals surface area (Å²) in [5.41, 5.74) is 5.83. The Morgan fingerprint density at radius 3 is 3.00 bits per heavy atom. The van der Waals surface area contributed by atoms with Gasteiger partial charge in [0.2, 0.25) is 10.0 Å². The van der Waals surface area contributed by atoms with Gasteiger partial charge in [0.15, 0.2) is 0 Å². The van der Waals surface area contributed by atoms with E-state index in [1.807, 2.05) is 0 Å². The number of nitrogens with two attached hydrogens (primary N) is 1. The highest BCUT2D eigenvalue weighted by Gasteiger charge is 2.33. The molecule has 8 nitrogen and oxygen atoms in total. The van der Waals surface area contributed by atoms with Crippen LogP contribution in [0.3, 0.4) is 0 Å². The molecular weight excluding hydrogens is 258 g/mol. The van der Waals surface area contributed by atoms with E-state index in [1.54, 1.807) is 6.92 Å². The zero-order valence-corrected chi connectivity index (χ0v) is 10.7. The summed E-state index contributed by atoms with van der Waals surface area (Å²) in [6, 6.07) is 0. The molecule has 1 aliphatic rings. The number of hydrogen-bond acceptors (Lipinski definition) is 5. The first-order valence-electron chi connectivity index (χ1n) is 5.38. The largest absolute Gasteiger partial charge is 0.385 e. The Labute approximate surface area is 105 Å². The summed E-state index contributed by atoms with van der Waals surface area (Å²) in [4.78, 5) is 0.145. The summed E-state index contributed by atoms with van der Waals surface area (Å²) >= 11 is 0. The number of amidine groups is 1. The van der Waals surface area contributed by atoms with Crippen LogP contribution in [-0.2, 0) is 14.8 Å². The van der Waals surface area contributed by atoms with Gasteiger partial charge in [-0.1, -0.05) is 0 Å². The second kappa shape index (κ2) is 4.67. The molecule has 1 atom stereocenters. The highest BCUT2D eigenvalue weighted by atomic mass is 32.2. The summed E-state index contributed by atoms with van der Waals surface area (Å²) in [7, 11) is -3.61. The normalized spacial score (nSPS) is 21.9. The topological polar surface area (TPSA) is 125 Å². The molecule has 18 heavy (non-hydrogen) atoms. The maximum atomic E-state index is 12.3. The van der Waals surface area contributed by atoms with Crippen molar-refractivity contribution in [2.24, 2.45) is 5.73 Å². The van der Waals surface area contributed by atoms with Crippen molar-refractivity contribution in [2.45, 2.75) is 17.9 Å². The highest BCUT2D eigenvalue weighted by molar-refractivity contribution is 7.89. The van der Waals surface area contributed by atoms with E-state index in [1.165, 1.54) is 10.5 Å². The van der Waals surface area contributed by atoms with Crippen molar-refractivity contribution in [3.63, 3.8) is 0 Å². The van der Waals surface area contributed by atoms with Gasteiger partial charge in [0.1, 0.15) is 16.8 Å². The number of aryl methyl sites for hydroxylation is 1. The van der Waals surface area contributed by atoms with Crippen LogP contribution < -0.4 is 5.73 Å². The van der Waals surface area contributed by atoms with Crippen molar-refractivity contribution >= 4 is 15.9 Å². The van der Waals surface area contributed by atoms with Crippen molar-refractivity contribution in [3.05, 3.63) is 11.9 Å². The average Bonchev–Trinajstić information content (AvgIpc) is 2.76. The van der Waals surface area contributed by atoms with Gasteiger partial charge in [-0.2, -0.15) is 9.40 Å². The Morgan fingerprint density at radius 2 is 2.44 bits per heavy atom. The van der Waals surface area contributed by atoms with Crippen molar-refractivity contribution in [1.82, 2.24) is 14.5 Å². The molecule has 1 aromatic rings. The van der Waals surface area contributed by atoms with Crippen molar-refractivity contribution in [2.75, 3.05) is 19.7 Å². The first-order chi connectivity index (χ1) is 8.43. The van der Waals surface area contributed by atoms with E-state index >= 15 is 0 Å². The van der Waals surface area contributed by atoms with Crippen LogP contribution in [-0.4, -0.2) is 54.6 Å².